The van der Waals surface area contributed by atoms with E-state index in [4.69, 9.17) is 0 Å². The van der Waals surface area contributed by atoms with Gasteiger partial charge in [-0.15, -0.1) is 11.8 Å². The van der Waals surface area contributed by atoms with E-state index in [0.29, 0.717) is 6.04 Å². The average Bonchev–Trinajstić information content (AvgIpc) is 2.23. The third-order valence-electron chi connectivity index (χ3n) is 2.89. The van der Waals surface area contributed by atoms with Gasteiger partial charge < -0.3 is 5.32 Å². The van der Waals surface area contributed by atoms with E-state index in [2.05, 4.69) is 38.1 Å². The van der Waals surface area contributed by atoms with Crippen molar-refractivity contribution >= 4 is 0 Å². The Balaban J connectivity index is 4.04. The molecule has 14 heavy (non-hydrogen) atoms. The van der Waals surface area contributed by atoms with Crippen LogP contribution in [0.15, 0.2) is 0 Å². The quantitative estimate of drug-likeness (QED) is 0.615. The lowest BCUT2D eigenvalue weighted by molar-refractivity contribution is 0.336. The summed E-state index contributed by atoms with van der Waals surface area (Å²) in [5, 5.41) is 3.39. The van der Waals surface area contributed by atoms with E-state index in [9.17, 15) is 0 Å². The summed E-state index contributed by atoms with van der Waals surface area (Å²) in [5.41, 5.74) is 0. The molecule has 0 aromatic rings. The van der Waals surface area contributed by atoms with Gasteiger partial charge in [0, 0.05) is 12.5 Å². The molecule has 2 unspecified atom stereocenters. The Hall–Kier alpha value is -0.480. The van der Waals surface area contributed by atoms with Crippen molar-refractivity contribution in [1.29, 1.82) is 0 Å². The first kappa shape index (κ1) is 13.5. The van der Waals surface area contributed by atoms with Gasteiger partial charge in [0.05, 0.1) is 0 Å². The standard InChI is InChI=1S/C13H25N/c1-5-8-10-12(7-3)13(14-4)11-9-6-2/h12-14H,5,7-8,10-11H2,1-4H3. The molecule has 0 heterocycles. The van der Waals surface area contributed by atoms with E-state index >= 15 is 0 Å². The molecule has 0 saturated heterocycles. The van der Waals surface area contributed by atoms with E-state index < -0.39 is 0 Å². The van der Waals surface area contributed by atoms with E-state index in [1.807, 2.05) is 6.92 Å². The van der Waals surface area contributed by atoms with E-state index in [0.717, 1.165) is 12.3 Å². The third kappa shape index (κ3) is 5.29. The van der Waals surface area contributed by atoms with Crippen LogP contribution >= 0.6 is 0 Å². The smallest absolute Gasteiger partial charge is 0.0245 e. The molecule has 0 aliphatic rings. The lowest BCUT2D eigenvalue weighted by atomic mass is 9.89. The fourth-order valence-electron chi connectivity index (χ4n) is 1.87. The summed E-state index contributed by atoms with van der Waals surface area (Å²) >= 11 is 0. The van der Waals surface area contributed by atoms with E-state index in [-0.39, 0.29) is 0 Å². The molecule has 0 aromatic carbocycles. The van der Waals surface area contributed by atoms with Gasteiger partial charge in [0.2, 0.25) is 0 Å². The summed E-state index contributed by atoms with van der Waals surface area (Å²) in [6, 6.07) is 0.582. The second-order valence-electron chi connectivity index (χ2n) is 3.84. The first-order valence-electron chi connectivity index (χ1n) is 5.86. The molecular formula is C13H25N. The maximum absolute atomic E-state index is 3.39. The van der Waals surface area contributed by atoms with Crippen LogP contribution in [0.2, 0.25) is 0 Å². The average molecular weight is 195 g/mol. The van der Waals surface area contributed by atoms with Crippen LogP contribution in [0, 0.1) is 17.8 Å². The summed E-state index contributed by atoms with van der Waals surface area (Å²) in [6.07, 6.45) is 6.23. The minimum absolute atomic E-state index is 0.582. The van der Waals surface area contributed by atoms with E-state index in [1.165, 1.54) is 25.7 Å². The van der Waals surface area contributed by atoms with Gasteiger partial charge in [0.1, 0.15) is 0 Å². The first-order valence-corrected chi connectivity index (χ1v) is 5.86. The summed E-state index contributed by atoms with van der Waals surface area (Å²) in [4.78, 5) is 0. The Morgan fingerprint density at radius 3 is 2.43 bits per heavy atom. The number of rotatable bonds is 7. The van der Waals surface area contributed by atoms with Crippen molar-refractivity contribution in [2.45, 2.75) is 58.9 Å². The molecule has 0 bridgehead atoms. The normalized spacial score (nSPS) is 14.3. The number of hydrogen-bond donors (Lipinski definition) is 1. The minimum atomic E-state index is 0.582. The minimum Gasteiger partial charge on any atom is -0.316 e. The topological polar surface area (TPSA) is 12.0 Å². The molecule has 1 nitrogen and oxygen atoms in total. The van der Waals surface area contributed by atoms with Gasteiger partial charge in [0.25, 0.3) is 0 Å². The van der Waals surface area contributed by atoms with Crippen LogP contribution in [0.1, 0.15) is 52.9 Å². The number of hydrogen-bond acceptors (Lipinski definition) is 1. The molecule has 0 spiro atoms. The molecule has 0 aliphatic carbocycles. The van der Waals surface area contributed by atoms with Gasteiger partial charge >= 0.3 is 0 Å². The van der Waals surface area contributed by atoms with Crippen LogP contribution in [0.25, 0.3) is 0 Å². The Morgan fingerprint density at radius 2 is 2.00 bits per heavy atom. The van der Waals surface area contributed by atoms with Gasteiger partial charge in [0.15, 0.2) is 0 Å². The largest absolute Gasteiger partial charge is 0.316 e. The van der Waals surface area contributed by atoms with Crippen LogP contribution in [-0.2, 0) is 0 Å². The van der Waals surface area contributed by atoms with Gasteiger partial charge in [-0.3, -0.25) is 0 Å². The summed E-state index contributed by atoms with van der Waals surface area (Å²) < 4.78 is 0. The van der Waals surface area contributed by atoms with Gasteiger partial charge in [-0.25, -0.2) is 0 Å². The molecule has 0 radical (unpaired) electrons. The van der Waals surface area contributed by atoms with Crippen molar-refractivity contribution in [3.8, 4) is 11.8 Å². The number of unbranched alkanes of at least 4 members (excludes halogenated alkanes) is 1. The molecule has 82 valence electrons. The highest BCUT2D eigenvalue weighted by Gasteiger charge is 2.16. The van der Waals surface area contributed by atoms with Crippen LogP contribution in [-0.4, -0.2) is 13.1 Å². The maximum Gasteiger partial charge on any atom is 0.0245 e. The molecule has 2 atom stereocenters. The zero-order valence-electron chi connectivity index (χ0n) is 10.2. The fourth-order valence-corrected chi connectivity index (χ4v) is 1.87. The summed E-state index contributed by atoms with van der Waals surface area (Å²) in [5.74, 6) is 6.95. The lowest BCUT2D eigenvalue weighted by Crippen LogP contribution is -2.33. The Morgan fingerprint density at radius 1 is 1.29 bits per heavy atom. The fraction of sp³-hybridized carbons (Fsp3) is 0.846. The zero-order valence-corrected chi connectivity index (χ0v) is 10.2. The predicted molar refractivity (Wildman–Crippen MR) is 64.2 cm³/mol. The lowest BCUT2D eigenvalue weighted by Gasteiger charge is -2.24. The molecule has 1 heteroatoms. The Kier molecular flexibility index (Phi) is 8.78. The van der Waals surface area contributed by atoms with Crippen LogP contribution in [0.5, 0.6) is 0 Å². The van der Waals surface area contributed by atoms with Crippen molar-refractivity contribution in [2.24, 2.45) is 5.92 Å². The monoisotopic (exact) mass is 195 g/mol. The highest BCUT2D eigenvalue weighted by atomic mass is 14.9. The molecule has 0 aliphatic heterocycles. The number of nitrogens with one attached hydrogen (secondary N) is 1. The van der Waals surface area contributed by atoms with Crippen molar-refractivity contribution in [2.75, 3.05) is 7.05 Å². The zero-order chi connectivity index (χ0) is 10.8. The van der Waals surface area contributed by atoms with Gasteiger partial charge in [-0.1, -0.05) is 33.1 Å². The van der Waals surface area contributed by atoms with Crippen molar-refractivity contribution in [1.82, 2.24) is 5.32 Å². The van der Waals surface area contributed by atoms with Crippen molar-refractivity contribution in [3.63, 3.8) is 0 Å². The first-order chi connectivity index (χ1) is 6.79. The Bertz CT molecular complexity index is 175. The molecule has 1 N–H and O–H groups in total. The second-order valence-corrected chi connectivity index (χ2v) is 3.84. The van der Waals surface area contributed by atoms with Gasteiger partial charge in [-0.2, -0.15) is 0 Å². The molecule has 0 fully saturated rings. The predicted octanol–water partition coefficient (Wildman–Crippen LogP) is 3.20. The second kappa shape index (κ2) is 9.09. The van der Waals surface area contributed by atoms with Crippen LogP contribution in [0.3, 0.4) is 0 Å². The highest BCUT2D eigenvalue weighted by Crippen LogP contribution is 2.18. The molecule has 0 rings (SSSR count). The molecule has 0 aromatic heterocycles. The van der Waals surface area contributed by atoms with Crippen molar-refractivity contribution < 1.29 is 0 Å². The van der Waals surface area contributed by atoms with E-state index in [1.54, 1.807) is 0 Å². The molecular weight excluding hydrogens is 170 g/mol. The molecule has 0 amide bonds. The summed E-state index contributed by atoms with van der Waals surface area (Å²) in [6.45, 7) is 6.46. The van der Waals surface area contributed by atoms with Crippen LogP contribution < -0.4 is 5.32 Å². The molecule has 0 saturated carbocycles. The van der Waals surface area contributed by atoms with Gasteiger partial charge in [-0.05, 0) is 26.3 Å². The highest BCUT2D eigenvalue weighted by molar-refractivity contribution is 4.99. The van der Waals surface area contributed by atoms with Crippen molar-refractivity contribution in [3.05, 3.63) is 0 Å². The third-order valence-corrected chi connectivity index (χ3v) is 2.89. The SMILES string of the molecule is CC#CCC(NC)C(CC)CCCC. The summed E-state index contributed by atoms with van der Waals surface area (Å²) in [7, 11) is 2.05. The van der Waals surface area contributed by atoms with Crippen LogP contribution in [0.4, 0.5) is 0 Å². The maximum atomic E-state index is 3.39. The Labute approximate surface area is 89.7 Å².